The number of thioether (sulfide) groups is 1. The van der Waals surface area contributed by atoms with Crippen molar-refractivity contribution in [3.63, 3.8) is 0 Å². The van der Waals surface area contributed by atoms with Crippen LogP contribution in [-0.2, 0) is 4.79 Å². The summed E-state index contributed by atoms with van der Waals surface area (Å²) in [5, 5.41) is 3.85. The fraction of sp³-hybridized carbons (Fsp3) is 0.750. The SMILES string of the molecule is O=C(O)CSC(F)(F)C(F)(Cl)Cl. The van der Waals surface area contributed by atoms with Crippen molar-refractivity contribution in [2.75, 3.05) is 5.75 Å². The first-order valence-corrected chi connectivity index (χ1v) is 4.21. The summed E-state index contributed by atoms with van der Waals surface area (Å²) in [6, 6.07) is 0. The van der Waals surface area contributed by atoms with Crippen LogP contribution in [0.2, 0.25) is 0 Å². The molecule has 0 heterocycles. The van der Waals surface area contributed by atoms with Crippen LogP contribution in [-0.4, -0.2) is 26.7 Å². The molecule has 0 bridgehead atoms. The van der Waals surface area contributed by atoms with Crippen LogP contribution >= 0.6 is 35.0 Å². The maximum absolute atomic E-state index is 12.4. The summed E-state index contributed by atoms with van der Waals surface area (Å²) in [4.78, 5) is 9.81. The van der Waals surface area contributed by atoms with Gasteiger partial charge in [-0.1, -0.05) is 35.0 Å². The van der Waals surface area contributed by atoms with Gasteiger partial charge >= 0.3 is 15.8 Å². The van der Waals surface area contributed by atoms with E-state index in [4.69, 9.17) is 5.11 Å². The third-order valence-electron chi connectivity index (χ3n) is 0.707. The molecule has 0 aromatic heterocycles. The van der Waals surface area contributed by atoms with E-state index in [1.165, 1.54) is 0 Å². The quantitative estimate of drug-likeness (QED) is 0.770. The number of hydrogen-bond acceptors (Lipinski definition) is 2. The molecule has 0 unspecified atom stereocenters. The summed E-state index contributed by atoms with van der Waals surface area (Å²) in [7, 11) is 0. The minimum atomic E-state index is -4.13. The Morgan fingerprint density at radius 2 is 1.83 bits per heavy atom. The van der Waals surface area contributed by atoms with Gasteiger partial charge < -0.3 is 5.11 Å². The molecule has 0 spiro atoms. The monoisotopic (exact) mass is 242 g/mol. The third-order valence-corrected chi connectivity index (χ3v) is 2.44. The molecule has 1 N–H and O–H groups in total. The van der Waals surface area contributed by atoms with Gasteiger partial charge in [-0.25, -0.2) is 0 Å². The van der Waals surface area contributed by atoms with Crippen molar-refractivity contribution in [3.8, 4) is 0 Å². The molecule has 0 amide bonds. The van der Waals surface area contributed by atoms with Crippen molar-refractivity contribution < 1.29 is 23.1 Å². The van der Waals surface area contributed by atoms with E-state index in [9.17, 15) is 18.0 Å². The Balaban J connectivity index is 4.14. The zero-order valence-electron chi connectivity index (χ0n) is 5.36. The second-order valence-electron chi connectivity index (χ2n) is 1.70. The number of aliphatic carboxylic acids is 1. The first-order chi connectivity index (χ1) is 5.17. The van der Waals surface area contributed by atoms with Crippen LogP contribution in [0, 0.1) is 0 Å². The van der Waals surface area contributed by atoms with Crippen LogP contribution in [0.15, 0.2) is 0 Å². The lowest BCUT2D eigenvalue weighted by atomic mass is 10.8. The lowest BCUT2D eigenvalue weighted by molar-refractivity contribution is -0.134. The van der Waals surface area contributed by atoms with Crippen LogP contribution in [0.3, 0.4) is 0 Å². The molecule has 0 saturated carbocycles. The zero-order chi connectivity index (χ0) is 9.99. The highest BCUT2D eigenvalue weighted by molar-refractivity contribution is 8.01. The van der Waals surface area contributed by atoms with Gasteiger partial charge in [-0.2, -0.15) is 13.2 Å². The summed E-state index contributed by atoms with van der Waals surface area (Å²) < 4.78 is 33.1. The molecule has 72 valence electrons. The molecule has 0 rings (SSSR count). The van der Waals surface area contributed by atoms with E-state index < -0.39 is 33.3 Å². The number of carboxylic acids is 1. The number of carboxylic acid groups (broad SMARTS) is 1. The molecule has 0 radical (unpaired) electrons. The minimum absolute atomic E-state index is 0.478. The highest BCUT2D eigenvalue weighted by Gasteiger charge is 2.53. The molecule has 0 atom stereocenters. The molecule has 0 fully saturated rings. The van der Waals surface area contributed by atoms with Gasteiger partial charge in [-0.05, 0) is 0 Å². The van der Waals surface area contributed by atoms with Gasteiger partial charge in [0.25, 0.3) is 0 Å². The molecule has 0 aliphatic carbocycles. The number of halogens is 5. The van der Waals surface area contributed by atoms with E-state index in [0.29, 0.717) is 0 Å². The second kappa shape index (κ2) is 3.93. The van der Waals surface area contributed by atoms with Gasteiger partial charge in [0.1, 0.15) is 0 Å². The predicted molar refractivity (Wildman–Crippen MR) is 40.6 cm³/mol. The standard InChI is InChI=1S/C4H3Cl2F3O2S/c5-3(6,7)4(8,9)12-1-2(10)11/h1H2,(H,10,11). The first kappa shape index (κ1) is 12.2. The number of carbonyl (C=O) groups is 1. The zero-order valence-corrected chi connectivity index (χ0v) is 7.69. The average molecular weight is 243 g/mol. The number of rotatable bonds is 4. The van der Waals surface area contributed by atoms with E-state index in [-0.39, 0.29) is 0 Å². The van der Waals surface area contributed by atoms with Gasteiger partial charge in [0, 0.05) is 0 Å². The Labute approximate surface area is 80.0 Å². The summed E-state index contributed by atoms with van der Waals surface area (Å²) in [6.45, 7) is 0. The fourth-order valence-electron chi connectivity index (χ4n) is 0.234. The maximum atomic E-state index is 12.4. The lowest BCUT2D eigenvalue weighted by Gasteiger charge is -2.20. The van der Waals surface area contributed by atoms with Crippen molar-refractivity contribution in [2.24, 2.45) is 0 Å². The van der Waals surface area contributed by atoms with Gasteiger partial charge in [-0.3, -0.25) is 4.79 Å². The fourth-order valence-corrected chi connectivity index (χ4v) is 1.03. The molecular weight excluding hydrogens is 240 g/mol. The Hall–Kier alpha value is 0.190. The molecule has 12 heavy (non-hydrogen) atoms. The second-order valence-corrected chi connectivity index (χ2v) is 4.02. The molecule has 0 aliphatic rings. The topological polar surface area (TPSA) is 37.3 Å². The number of alkyl halides is 5. The Morgan fingerprint density at radius 3 is 2.08 bits per heavy atom. The van der Waals surface area contributed by atoms with Crippen LogP contribution in [0.25, 0.3) is 0 Å². The van der Waals surface area contributed by atoms with Crippen molar-refractivity contribution in [2.45, 2.75) is 9.84 Å². The van der Waals surface area contributed by atoms with Crippen LogP contribution in [0.4, 0.5) is 13.2 Å². The molecule has 2 nitrogen and oxygen atoms in total. The van der Waals surface area contributed by atoms with Gasteiger partial charge in [-0.15, -0.1) is 0 Å². The summed E-state index contributed by atoms with van der Waals surface area (Å²) in [6.07, 6.45) is 0. The lowest BCUT2D eigenvalue weighted by Crippen LogP contribution is -2.31. The molecule has 0 saturated heterocycles. The molecular formula is C4H3Cl2F3O2S. The minimum Gasteiger partial charge on any atom is -0.481 e. The van der Waals surface area contributed by atoms with Gasteiger partial charge in [0.15, 0.2) is 0 Å². The van der Waals surface area contributed by atoms with Crippen LogP contribution in [0.1, 0.15) is 0 Å². The van der Waals surface area contributed by atoms with E-state index in [0.717, 1.165) is 0 Å². The maximum Gasteiger partial charge on any atom is 0.356 e. The van der Waals surface area contributed by atoms with Gasteiger partial charge in [0.05, 0.1) is 5.75 Å². The third kappa shape index (κ3) is 3.73. The smallest absolute Gasteiger partial charge is 0.356 e. The normalized spacial score (nSPS) is 13.1. The van der Waals surface area contributed by atoms with E-state index >= 15 is 0 Å². The van der Waals surface area contributed by atoms with E-state index in [2.05, 4.69) is 23.2 Å². The first-order valence-electron chi connectivity index (χ1n) is 2.47. The van der Waals surface area contributed by atoms with Crippen LogP contribution in [0.5, 0.6) is 0 Å². The van der Waals surface area contributed by atoms with Crippen molar-refractivity contribution in [1.29, 1.82) is 0 Å². The van der Waals surface area contributed by atoms with Crippen molar-refractivity contribution >= 4 is 40.9 Å². The average Bonchev–Trinajstić information content (AvgIpc) is 1.81. The highest BCUT2D eigenvalue weighted by atomic mass is 35.5. The largest absolute Gasteiger partial charge is 0.481 e. The molecule has 0 aromatic rings. The van der Waals surface area contributed by atoms with Crippen molar-refractivity contribution in [1.82, 2.24) is 0 Å². The Kier molecular flexibility index (Phi) is 3.99. The van der Waals surface area contributed by atoms with E-state index in [1.807, 2.05) is 0 Å². The summed E-state index contributed by atoms with van der Waals surface area (Å²) >= 11 is 8.41. The van der Waals surface area contributed by atoms with Crippen LogP contribution < -0.4 is 0 Å². The molecule has 0 aliphatic heterocycles. The number of hydrogen-bond donors (Lipinski definition) is 1. The molecule has 8 heteroatoms. The predicted octanol–water partition coefficient (Wildman–Crippen LogP) is 2.50. The Bertz CT molecular complexity index is 182. The highest BCUT2D eigenvalue weighted by Crippen LogP contribution is 2.47. The summed E-state index contributed by atoms with van der Waals surface area (Å²) in [5.74, 6) is -2.48. The van der Waals surface area contributed by atoms with E-state index in [1.54, 1.807) is 0 Å². The summed E-state index contributed by atoms with van der Waals surface area (Å²) in [5.41, 5.74) is 0. The molecule has 0 aromatic carbocycles. The van der Waals surface area contributed by atoms with Crippen molar-refractivity contribution in [3.05, 3.63) is 0 Å². The van der Waals surface area contributed by atoms with Gasteiger partial charge in [0.2, 0.25) is 0 Å². The Morgan fingerprint density at radius 1 is 1.42 bits per heavy atom.